The van der Waals surface area contributed by atoms with Gasteiger partial charge in [0.05, 0.1) is 6.10 Å². The van der Waals surface area contributed by atoms with Crippen LogP contribution < -0.4 is 4.74 Å². The fourth-order valence-electron chi connectivity index (χ4n) is 2.09. The standard InChI is InChI=1S/C13H12FNO2S/c1-7-6-18-13(15-7)12-5-10(16)9-3-2-8(14)4-11(9)17-12/h2-4,6,10,12,16H,5H2,1H3/t10-,12?/m1/s1. The summed E-state index contributed by atoms with van der Waals surface area (Å²) in [6.07, 6.45) is -0.484. The summed E-state index contributed by atoms with van der Waals surface area (Å²) in [5, 5.41) is 12.8. The molecule has 2 aromatic rings. The molecule has 1 unspecified atom stereocenters. The van der Waals surface area contributed by atoms with E-state index in [0.29, 0.717) is 17.7 Å². The van der Waals surface area contributed by atoms with Gasteiger partial charge in [0.1, 0.15) is 16.6 Å². The molecule has 0 amide bonds. The summed E-state index contributed by atoms with van der Waals surface area (Å²) in [4.78, 5) is 4.35. The Morgan fingerprint density at radius 1 is 1.50 bits per heavy atom. The second kappa shape index (κ2) is 4.33. The number of aliphatic hydroxyl groups excluding tert-OH is 1. The lowest BCUT2D eigenvalue weighted by atomic mass is 9.99. The van der Waals surface area contributed by atoms with E-state index < -0.39 is 6.10 Å². The molecule has 18 heavy (non-hydrogen) atoms. The van der Waals surface area contributed by atoms with Crippen molar-refractivity contribution in [1.29, 1.82) is 0 Å². The second-order valence-electron chi connectivity index (χ2n) is 4.37. The van der Waals surface area contributed by atoms with Gasteiger partial charge in [0, 0.05) is 29.1 Å². The summed E-state index contributed by atoms with van der Waals surface area (Å²) in [6, 6.07) is 4.21. The van der Waals surface area contributed by atoms with Crippen molar-refractivity contribution in [3.05, 3.63) is 45.7 Å². The molecule has 0 bridgehead atoms. The maximum absolute atomic E-state index is 13.2. The lowest BCUT2D eigenvalue weighted by Gasteiger charge is -2.28. The summed E-state index contributed by atoms with van der Waals surface area (Å²) >= 11 is 1.50. The number of thiazole rings is 1. The third-order valence-electron chi connectivity index (χ3n) is 2.95. The number of halogens is 1. The summed E-state index contributed by atoms with van der Waals surface area (Å²) in [7, 11) is 0. The first-order valence-electron chi connectivity index (χ1n) is 5.69. The van der Waals surface area contributed by atoms with Crippen molar-refractivity contribution in [3.8, 4) is 5.75 Å². The number of aryl methyl sites for hydroxylation is 1. The highest BCUT2D eigenvalue weighted by atomic mass is 32.1. The van der Waals surface area contributed by atoms with Gasteiger partial charge in [-0.2, -0.15) is 0 Å². The molecule has 1 aromatic heterocycles. The van der Waals surface area contributed by atoms with Crippen molar-refractivity contribution in [2.45, 2.75) is 25.6 Å². The van der Waals surface area contributed by atoms with Crippen LogP contribution in [0.1, 0.15) is 34.9 Å². The van der Waals surface area contributed by atoms with Gasteiger partial charge in [-0.15, -0.1) is 11.3 Å². The average Bonchev–Trinajstić information content (AvgIpc) is 2.75. The Hall–Kier alpha value is -1.46. The molecule has 2 heterocycles. The number of rotatable bonds is 1. The molecule has 2 atom stereocenters. The number of aromatic nitrogens is 1. The first-order valence-corrected chi connectivity index (χ1v) is 6.57. The maximum Gasteiger partial charge on any atom is 0.153 e. The third kappa shape index (κ3) is 2.00. The van der Waals surface area contributed by atoms with Crippen LogP contribution in [0.3, 0.4) is 0 Å². The van der Waals surface area contributed by atoms with Crippen LogP contribution in [-0.2, 0) is 0 Å². The molecule has 1 aliphatic rings. The first-order chi connectivity index (χ1) is 8.63. The Kier molecular flexibility index (Phi) is 2.80. The normalized spacial score (nSPS) is 22.4. The quantitative estimate of drug-likeness (QED) is 0.861. The molecular formula is C13H12FNO2S. The van der Waals surface area contributed by atoms with E-state index in [1.807, 2.05) is 12.3 Å². The van der Waals surface area contributed by atoms with Crippen molar-refractivity contribution in [2.24, 2.45) is 0 Å². The van der Waals surface area contributed by atoms with Crippen molar-refractivity contribution in [1.82, 2.24) is 4.98 Å². The molecule has 3 nitrogen and oxygen atoms in total. The Bertz CT molecular complexity index is 584. The van der Waals surface area contributed by atoms with Crippen LogP contribution in [0.2, 0.25) is 0 Å². The summed E-state index contributed by atoms with van der Waals surface area (Å²) < 4.78 is 18.9. The highest BCUT2D eigenvalue weighted by Crippen LogP contribution is 2.41. The van der Waals surface area contributed by atoms with Crippen LogP contribution in [0.25, 0.3) is 0 Å². The van der Waals surface area contributed by atoms with Crippen molar-refractivity contribution in [2.75, 3.05) is 0 Å². The van der Waals surface area contributed by atoms with Gasteiger partial charge in [-0.3, -0.25) is 0 Å². The summed E-state index contributed by atoms with van der Waals surface area (Å²) in [6.45, 7) is 1.91. The van der Waals surface area contributed by atoms with Crippen molar-refractivity contribution < 1.29 is 14.2 Å². The summed E-state index contributed by atoms with van der Waals surface area (Å²) in [5.74, 6) is 0.0449. The monoisotopic (exact) mass is 265 g/mol. The first kappa shape index (κ1) is 11.6. The molecule has 0 spiro atoms. The van der Waals surface area contributed by atoms with E-state index >= 15 is 0 Å². The van der Waals surface area contributed by atoms with E-state index in [4.69, 9.17) is 4.74 Å². The minimum absolute atomic E-state index is 0.298. The minimum atomic E-state index is -0.636. The van der Waals surface area contributed by atoms with Crippen LogP contribution >= 0.6 is 11.3 Å². The van der Waals surface area contributed by atoms with Gasteiger partial charge in [0.15, 0.2) is 6.10 Å². The predicted octanol–water partition coefficient (Wildman–Crippen LogP) is 3.15. The van der Waals surface area contributed by atoms with E-state index in [1.54, 1.807) is 6.07 Å². The molecule has 5 heteroatoms. The lowest BCUT2D eigenvalue weighted by molar-refractivity contribution is 0.0652. The maximum atomic E-state index is 13.2. The molecule has 0 saturated heterocycles. The van der Waals surface area contributed by atoms with E-state index in [2.05, 4.69) is 4.98 Å². The topological polar surface area (TPSA) is 42.4 Å². The molecule has 1 aliphatic heterocycles. The number of hydrogen-bond donors (Lipinski definition) is 1. The zero-order valence-corrected chi connectivity index (χ0v) is 10.6. The number of fused-ring (bicyclic) bond motifs is 1. The van der Waals surface area contributed by atoms with E-state index in [1.165, 1.54) is 23.5 Å². The molecule has 0 radical (unpaired) electrons. The molecule has 0 fully saturated rings. The van der Waals surface area contributed by atoms with Gasteiger partial charge in [0.25, 0.3) is 0 Å². The van der Waals surface area contributed by atoms with Crippen LogP contribution in [0, 0.1) is 12.7 Å². The van der Waals surface area contributed by atoms with Gasteiger partial charge in [0.2, 0.25) is 0 Å². The lowest BCUT2D eigenvalue weighted by Crippen LogP contribution is -2.19. The van der Waals surface area contributed by atoms with Gasteiger partial charge < -0.3 is 9.84 Å². The fraction of sp³-hybridized carbons (Fsp3) is 0.308. The minimum Gasteiger partial charge on any atom is -0.483 e. The summed E-state index contributed by atoms with van der Waals surface area (Å²) in [5.41, 5.74) is 1.57. The van der Waals surface area contributed by atoms with Crippen LogP contribution in [0.15, 0.2) is 23.6 Å². The largest absolute Gasteiger partial charge is 0.483 e. The number of nitrogens with zero attached hydrogens (tertiary/aromatic N) is 1. The van der Waals surface area contributed by atoms with Gasteiger partial charge in [-0.25, -0.2) is 9.37 Å². The fourth-order valence-corrected chi connectivity index (χ4v) is 2.92. The molecule has 0 aliphatic carbocycles. The second-order valence-corrected chi connectivity index (χ2v) is 5.26. The van der Waals surface area contributed by atoms with E-state index in [-0.39, 0.29) is 11.9 Å². The SMILES string of the molecule is Cc1csc(C2C[C@@H](O)c3ccc(F)cc3O2)n1. The van der Waals surface area contributed by atoms with Gasteiger partial charge >= 0.3 is 0 Å². The van der Waals surface area contributed by atoms with E-state index in [0.717, 1.165) is 10.7 Å². The zero-order chi connectivity index (χ0) is 12.7. The number of benzene rings is 1. The molecule has 3 rings (SSSR count). The highest BCUT2D eigenvalue weighted by Gasteiger charge is 2.29. The zero-order valence-electron chi connectivity index (χ0n) is 9.76. The van der Waals surface area contributed by atoms with Crippen molar-refractivity contribution >= 4 is 11.3 Å². The van der Waals surface area contributed by atoms with Crippen molar-refractivity contribution in [3.63, 3.8) is 0 Å². The van der Waals surface area contributed by atoms with Crippen LogP contribution in [0.5, 0.6) is 5.75 Å². The Morgan fingerprint density at radius 3 is 3.06 bits per heavy atom. The molecule has 1 N–H and O–H groups in total. The van der Waals surface area contributed by atoms with Crippen LogP contribution in [0.4, 0.5) is 4.39 Å². The Morgan fingerprint density at radius 2 is 2.33 bits per heavy atom. The number of hydrogen-bond acceptors (Lipinski definition) is 4. The average molecular weight is 265 g/mol. The van der Waals surface area contributed by atoms with Gasteiger partial charge in [-0.05, 0) is 19.1 Å². The van der Waals surface area contributed by atoms with E-state index in [9.17, 15) is 9.50 Å². The third-order valence-corrected chi connectivity index (χ3v) is 4.01. The van der Waals surface area contributed by atoms with Gasteiger partial charge in [-0.1, -0.05) is 0 Å². The highest BCUT2D eigenvalue weighted by molar-refractivity contribution is 7.09. The molecular weight excluding hydrogens is 253 g/mol. The molecule has 1 aromatic carbocycles. The predicted molar refractivity (Wildman–Crippen MR) is 66.2 cm³/mol. The molecule has 94 valence electrons. The Balaban J connectivity index is 1.95. The van der Waals surface area contributed by atoms with Crippen LogP contribution in [-0.4, -0.2) is 10.1 Å². The Labute approximate surface area is 108 Å². The molecule has 0 saturated carbocycles. The number of ether oxygens (including phenoxy) is 1. The smallest absolute Gasteiger partial charge is 0.153 e. The number of aliphatic hydroxyl groups is 1.